The number of halogens is 1. The number of carbonyl (C=O) groups is 1. The number of carbonyl (C=O) groups excluding carboxylic acids is 1. The van der Waals surface area contributed by atoms with Crippen molar-refractivity contribution in [3.63, 3.8) is 0 Å². The lowest BCUT2D eigenvalue weighted by Crippen LogP contribution is -2.15. The largest absolute Gasteiger partial charge is 0.478 e. The first kappa shape index (κ1) is 19.7. The van der Waals surface area contributed by atoms with Gasteiger partial charge < -0.3 is 10.1 Å². The minimum absolute atomic E-state index is 0.188. The fourth-order valence-corrected chi connectivity index (χ4v) is 3.69. The van der Waals surface area contributed by atoms with Crippen molar-refractivity contribution in [2.45, 2.75) is 6.92 Å². The zero-order valence-corrected chi connectivity index (χ0v) is 16.8. The van der Waals surface area contributed by atoms with Crippen molar-refractivity contribution in [2.75, 3.05) is 11.9 Å². The van der Waals surface area contributed by atoms with Crippen LogP contribution >= 0.6 is 11.3 Å². The molecule has 2 aromatic carbocycles. The molecular weight excluding hydrogens is 403 g/mol. The summed E-state index contributed by atoms with van der Waals surface area (Å²) in [5.41, 5.74) is 2.58. The molecule has 150 valence electrons. The first-order chi connectivity index (χ1) is 14.7. The summed E-state index contributed by atoms with van der Waals surface area (Å²) in [5, 5.41) is 5.27. The number of ether oxygens (including phenoxy) is 1. The lowest BCUT2D eigenvalue weighted by molar-refractivity contribution is 0.102. The Hall–Kier alpha value is -3.65. The van der Waals surface area contributed by atoms with Crippen LogP contribution in [0.4, 0.5) is 10.1 Å². The highest BCUT2D eigenvalue weighted by atomic mass is 32.1. The minimum Gasteiger partial charge on any atom is -0.478 e. The maximum Gasteiger partial charge on any atom is 0.274 e. The van der Waals surface area contributed by atoms with E-state index in [4.69, 9.17) is 4.74 Å². The molecule has 0 saturated heterocycles. The monoisotopic (exact) mass is 420 g/mol. The molecule has 0 fully saturated rings. The van der Waals surface area contributed by atoms with Gasteiger partial charge in [-0.2, -0.15) is 0 Å². The summed E-state index contributed by atoms with van der Waals surface area (Å²) in [6.07, 6.45) is 1.28. The molecule has 2 heterocycles. The molecule has 0 radical (unpaired) electrons. The molecule has 4 aromatic rings. The first-order valence-electron chi connectivity index (χ1n) is 9.21. The van der Waals surface area contributed by atoms with Gasteiger partial charge >= 0.3 is 0 Å². The quantitative estimate of drug-likeness (QED) is 0.472. The summed E-state index contributed by atoms with van der Waals surface area (Å²) in [6.45, 7) is 2.27. The summed E-state index contributed by atoms with van der Waals surface area (Å²) in [7, 11) is 0. The van der Waals surface area contributed by atoms with Gasteiger partial charge in [0.05, 0.1) is 18.0 Å². The molecule has 0 aliphatic heterocycles. The van der Waals surface area contributed by atoms with Gasteiger partial charge in [0.25, 0.3) is 5.91 Å². The second kappa shape index (κ2) is 8.79. The van der Waals surface area contributed by atoms with Crippen LogP contribution in [0.3, 0.4) is 0 Å². The number of amides is 1. The zero-order chi connectivity index (χ0) is 20.9. The van der Waals surface area contributed by atoms with Gasteiger partial charge in [-0.3, -0.25) is 4.79 Å². The van der Waals surface area contributed by atoms with Crippen LogP contribution in [0.1, 0.15) is 17.4 Å². The van der Waals surface area contributed by atoms with E-state index in [1.807, 2.05) is 30.5 Å². The van der Waals surface area contributed by atoms with Gasteiger partial charge in [-0.05, 0) is 25.1 Å². The molecule has 0 spiro atoms. The average molecular weight is 420 g/mol. The Kier molecular flexibility index (Phi) is 5.76. The van der Waals surface area contributed by atoms with Crippen molar-refractivity contribution < 1.29 is 13.9 Å². The van der Waals surface area contributed by atoms with Crippen LogP contribution in [0.15, 0.2) is 66.3 Å². The molecule has 1 amide bonds. The molecule has 0 atom stereocenters. The van der Waals surface area contributed by atoms with Crippen LogP contribution in [-0.4, -0.2) is 27.5 Å². The number of benzene rings is 2. The molecule has 2 aromatic heterocycles. The summed E-state index contributed by atoms with van der Waals surface area (Å²) in [5.74, 6) is -0.385. The van der Waals surface area contributed by atoms with Crippen LogP contribution in [0, 0.1) is 5.82 Å². The Morgan fingerprint density at radius 2 is 1.87 bits per heavy atom. The van der Waals surface area contributed by atoms with Crippen LogP contribution in [0.25, 0.3) is 21.8 Å². The van der Waals surface area contributed by atoms with Crippen LogP contribution in [0.2, 0.25) is 0 Å². The highest BCUT2D eigenvalue weighted by molar-refractivity contribution is 7.13. The van der Waals surface area contributed by atoms with Gasteiger partial charge in [-0.25, -0.2) is 19.3 Å². The van der Waals surface area contributed by atoms with Crippen LogP contribution in [-0.2, 0) is 0 Å². The highest BCUT2D eigenvalue weighted by Crippen LogP contribution is 2.33. The van der Waals surface area contributed by atoms with E-state index >= 15 is 0 Å². The van der Waals surface area contributed by atoms with Gasteiger partial charge in [0.1, 0.15) is 22.8 Å². The number of nitrogens with one attached hydrogen (secondary N) is 1. The summed E-state index contributed by atoms with van der Waals surface area (Å²) in [4.78, 5) is 25.3. The number of aromatic nitrogens is 3. The Labute approximate surface area is 176 Å². The number of para-hydroxylation sites is 1. The standard InChI is InChI=1S/C22H17FN4O2S/c1-2-29-20-11-18(24-13-25-20)21(28)26-17-10-6-4-8-15(17)19-12-30-22(27-19)14-7-3-5-9-16(14)23/h3-13H,2H2,1H3,(H,26,28). The fraction of sp³-hybridized carbons (Fsp3) is 0.0909. The van der Waals surface area contributed by atoms with Gasteiger partial charge in [0.15, 0.2) is 0 Å². The molecular formula is C22H17FN4O2S. The third-order valence-corrected chi connectivity index (χ3v) is 5.10. The van der Waals surface area contributed by atoms with Crippen molar-refractivity contribution in [2.24, 2.45) is 0 Å². The Balaban J connectivity index is 1.62. The third kappa shape index (κ3) is 4.18. The van der Waals surface area contributed by atoms with Crippen molar-refractivity contribution >= 4 is 22.9 Å². The summed E-state index contributed by atoms with van der Waals surface area (Å²) < 4.78 is 19.4. The second-order valence-corrected chi connectivity index (χ2v) is 7.05. The van der Waals surface area contributed by atoms with Gasteiger partial charge in [0, 0.05) is 22.6 Å². The highest BCUT2D eigenvalue weighted by Gasteiger charge is 2.15. The van der Waals surface area contributed by atoms with E-state index in [1.54, 1.807) is 24.3 Å². The molecule has 0 bridgehead atoms. The SMILES string of the molecule is CCOc1cc(C(=O)Nc2ccccc2-c2csc(-c3ccccc3F)n2)ncn1. The Morgan fingerprint density at radius 1 is 1.10 bits per heavy atom. The fourth-order valence-electron chi connectivity index (χ4n) is 2.85. The maximum absolute atomic E-state index is 14.1. The van der Waals surface area contributed by atoms with E-state index < -0.39 is 5.91 Å². The molecule has 30 heavy (non-hydrogen) atoms. The lowest BCUT2D eigenvalue weighted by Gasteiger charge is -2.10. The van der Waals surface area contributed by atoms with Crippen LogP contribution < -0.4 is 10.1 Å². The topological polar surface area (TPSA) is 77.0 Å². The molecule has 1 N–H and O–H groups in total. The van der Waals surface area contributed by atoms with E-state index in [1.165, 1.54) is 29.8 Å². The van der Waals surface area contributed by atoms with Gasteiger partial charge in [-0.15, -0.1) is 11.3 Å². The van der Waals surface area contributed by atoms with Crippen molar-refractivity contribution in [3.8, 4) is 27.7 Å². The van der Waals surface area contributed by atoms with E-state index in [-0.39, 0.29) is 11.5 Å². The second-order valence-electron chi connectivity index (χ2n) is 6.19. The maximum atomic E-state index is 14.1. The first-order valence-corrected chi connectivity index (χ1v) is 10.1. The predicted molar refractivity (Wildman–Crippen MR) is 114 cm³/mol. The molecule has 4 rings (SSSR count). The number of nitrogens with zero attached hydrogens (tertiary/aromatic N) is 3. The number of hydrogen-bond donors (Lipinski definition) is 1. The van der Waals surface area contributed by atoms with Gasteiger partial charge in [0.2, 0.25) is 5.88 Å². The van der Waals surface area contributed by atoms with E-state index in [9.17, 15) is 9.18 Å². The number of thiazole rings is 1. The van der Waals surface area contributed by atoms with Crippen LogP contribution in [0.5, 0.6) is 5.88 Å². The molecule has 0 aliphatic carbocycles. The van der Waals surface area contributed by atoms with Crippen molar-refractivity contribution in [1.82, 2.24) is 15.0 Å². The average Bonchev–Trinajstić information content (AvgIpc) is 3.25. The smallest absolute Gasteiger partial charge is 0.274 e. The van der Waals surface area contributed by atoms with Crippen molar-refractivity contribution in [1.29, 1.82) is 0 Å². The number of rotatable bonds is 6. The molecule has 8 heteroatoms. The Bertz CT molecular complexity index is 1190. The molecule has 0 saturated carbocycles. The van der Waals surface area contributed by atoms with Crippen molar-refractivity contribution in [3.05, 3.63) is 77.8 Å². The normalized spacial score (nSPS) is 10.6. The summed E-state index contributed by atoms with van der Waals surface area (Å²) in [6, 6.07) is 15.3. The number of hydrogen-bond acceptors (Lipinski definition) is 6. The molecule has 0 aliphatic rings. The molecule has 6 nitrogen and oxygen atoms in total. The summed E-state index contributed by atoms with van der Waals surface area (Å²) >= 11 is 1.34. The number of anilines is 1. The Morgan fingerprint density at radius 3 is 2.67 bits per heavy atom. The third-order valence-electron chi connectivity index (χ3n) is 4.23. The zero-order valence-electron chi connectivity index (χ0n) is 16.0. The van der Waals surface area contributed by atoms with Gasteiger partial charge in [-0.1, -0.05) is 30.3 Å². The minimum atomic E-state index is -0.393. The molecule has 0 unspecified atom stereocenters. The predicted octanol–water partition coefficient (Wildman–Crippen LogP) is 5.06. The van der Waals surface area contributed by atoms with E-state index in [2.05, 4.69) is 20.3 Å². The van der Waals surface area contributed by atoms with E-state index in [0.717, 1.165) is 5.56 Å². The lowest BCUT2D eigenvalue weighted by atomic mass is 10.1. The van der Waals surface area contributed by atoms with E-state index in [0.29, 0.717) is 34.4 Å².